The van der Waals surface area contributed by atoms with Crippen molar-refractivity contribution in [3.8, 4) is 0 Å². The van der Waals surface area contributed by atoms with Crippen LogP contribution in [0.15, 0.2) is 29.4 Å². The summed E-state index contributed by atoms with van der Waals surface area (Å²) in [6, 6.07) is 6.58. The largest absolute Gasteiger partial charge is 0.381 e. The van der Waals surface area contributed by atoms with Crippen LogP contribution in [-0.2, 0) is 11.2 Å². The van der Waals surface area contributed by atoms with E-state index in [1.165, 1.54) is 22.0 Å². The molecular weight excluding hydrogens is 439 g/mol. The van der Waals surface area contributed by atoms with E-state index in [2.05, 4.69) is 60.5 Å². The Morgan fingerprint density at radius 2 is 2.27 bits per heavy atom. The number of halogens is 1. The minimum atomic E-state index is 0. The molecule has 1 saturated heterocycles. The van der Waals surface area contributed by atoms with Crippen molar-refractivity contribution in [2.75, 3.05) is 39.9 Å². The van der Waals surface area contributed by atoms with Gasteiger partial charge in [-0.1, -0.05) is 12.1 Å². The number of rotatable bonds is 6. The topological polar surface area (TPSA) is 52.7 Å². The molecule has 1 aromatic carbocycles. The van der Waals surface area contributed by atoms with Crippen molar-refractivity contribution in [3.05, 3.63) is 35.5 Å². The van der Waals surface area contributed by atoms with Gasteiger partial charge in [0.25, 0.3) is 0 Å². The summed E-state index contributed by atoms with van der Waals surface area (Å²) in [6.45, 7) is 8.68. The van der Waals surface area contributed by atoms with Gasteiger partial charge in [-0.25, -0.2) is 0 Å². The first kappa shape index (κ1) is 21.0. The third kappa shape index (κ3) is 5.36. The molecule has 1 unspecified atom stereocenters. The molecule has 0 radical (unpaired) electrons. The number of fused-ring (bicyclic) bond motifs is 1. The Kier molecular flexibility index (Phi) is 8.21. The molecule has 0 spiro atoms. The fourth-order valence-corrected chi connectivity index (χ4v) is 3.46. The smallest absolute Gasteiger partial charge is 0.193 e. The maximum atomic E-state index is 5.49. The van der Waals surface area contributed by atoms with Gasteiger partial charge >= 0.3 is 0 Å². The molecule has 0 amide bonds. The van der Waals surface area contributed by atoms with Crippen LogP contribution in [0, 0.1) is 12.8 Å². The predicted molar refractivity (Wildman–Crippen MR) is 120 cm³/mol. The SMILES string of the molecule is CCNC(=NCCc1c[nH]c2cc(C)ccc12)N(C)CC1CCOC1.I. The highest BCUT2D eigenvalue weighted by Gasteiger charge is 2.19. The standard InChI is InChI=1S/C20H30N4O.HI/c1-4-21-20(24(3)13-16-8-10-25-14-16)22-9-7-17-12-23-19-11-15(2)5-6-18(17)19;/h5-6,11-12,16,23H,4,7-10,13-14H2,1-3H3,(H,21,22);1H. The summed E-state index contributed by atoms with van der Waals surface area (Å²) in [4.78, 5) is 10.4. The third-order valence-corrected chi connectivity index (χ3v) is 4.82. The summed E-state index contributed by atoms with van der Waals surface area (Å²) in [5, 5.41) is 4.72. The summed E-state index contributed by atoms with van der Waals surface area (Å²) in [7, 11) is 2.12. The number of guanidine groups is 1. The molecule has 6 heteroatoms. The minimum Gasteiger partial charge on any atom is -0.381 e. The molecule has 1 aliphatic rings. The molecule has 144 valence electrons. The molecule has 3 rings (SSSR count). The summed E-state index contributed by atoms with van der Waals surface area (Å²) in [5.41, 5.74) is 3.83. The van der Waals surface area contributed by atoms with Gasteiger partial charge in [0.1, 0.15) is 0 Å². The van der Waals surface area contributed by atoms with Crippen molar-refractivity contribution in [2.24, 2.45) is 10.9 Å². The van der Waals surface area contributed by atoms with Crippen LogP contribution in [0.3, 0.4) is 0 Å². The number of aliphatic imine (C=N–C) groups is 1. The highest BCUT2D eigenvalue weighted by molar-refractivity contribution is 14.0. The minimum absolute atomic E-state index is 0. The van der Waals surface area contributed by atoms with E-state index in [0.29, 0.717) is 5.92 Å². The first-order chi connectivity index (χ1) is 12.2. The maximum absolute atomic E-state index is 5.49. The molecule has 1 atom stereocenters. The normalized spacial score (nSPS) is 17.3. The maximum Gasteiger partial charge on any atom is 0.193 e. The van der Waals surface area contributed by atoms with Crippen LogP contribution in [-0.4, -0.2) is 55.7 Å². The van der Waals surface area contributed by atoms with Crippen molar-refractivity contribution >= 4 is 40.8 Å². The van der Waals surface area contributed by atoms with Gasteiger partial charge in [0, 0.05) is 56.3 Å². The van der Waals surface area contributed by atoms with E-state index in [9.17, 15) is 0 Å². The Morgan fingerprint density at radius 1 is 1.42 bits per heavy atom. The zero-order valence-electron chi connectivity index (χ0n) is 16.0. The van der Waals surface area contributed by atoms with Crippen molar-refractivity contribution in [2.45, 2.75) is 26.7 Å². The Balaban J connectivity index is 0.00000243. The van der Waals surface area contributed by atoms with E-state index < -0.39 is 0 Å². The van der Waals surface area contributed by atoms with Crippen molar-refractivity contribution < 1.29 is 4.74 Å². The van der Waals surface area contributed by atoms with E-state index in [0.717, 1.165) is 51.6 Å². The van der Waals surface area contributed by atoms with Crippen LogP contribution in [0.2, 0.25) is 0 Å². The van der Waals surface area contributed by atoms with E-state index in [1.807, 2.05) is 0 Å². The molecule has 0 saturated carbocycles. The number of H-pyrrole nitrogens is 1. The number of ether oxygens (including phenoxy) is 1. The van der Waals surface area contributed by atoms with Crippen LogP contribution < -0.4 is 5.32 Å². The number of benzene rings is 1. The van der Waals surface area contributed by atoms with Crippen molar-refractivity contribution in [1.82, 2.24) is 15.2 Å². The monoisotopic (exact) mass is 470 g/mol. The Morgan fingerprint density at radius 3 is 3.00 bits per heavy atom. The quantitative estimate of drug-likeness (QED) is 0.386. The van der Waals surface area contributed by atoms with Gasteiger partial charge in [-0.15, -0.1) is 24.0 Å². The molecule has 1 aliphatic heterocycles. The van der Waals surface area contributed by atoms with E-state index in [4.69, 9.17) is 9.73 Å². The van der Waals surface area contributed by atoms with Gasteiger partial charge in [-0.2, -0.15) is 0 Å². The highest BCUT2D eigenvalue weighted by Crippen LogP contribution is 2.20. The molecule has 2 heterocycles. The van der Waals surface area contributed by atoms with Crippen LogP contribution >= 0.6 is 24.0 Å². The molecule has 1 aromatic heterocycles. The van der Waals surface area contributed by atoms with E-state index in [-0.39, 0.29) is 24.0 Å². The van der Waals surface area contributed by atoms with Gasteiger partial charge in [0.05, 0.1) is 6.61 Å². The molecule has 2 aromatic rings. The second-order valence-electron chi connectivity index (χ2n) is 6.96. The number of hydrogen-bond acceptors (Lipinski definition) is 2. The molecule has 5 nitrogen and oxygen atoms in total. The number of aromatic amines is 1. The lowest BCUT2D eigenvalue weighted by atomic mass is 10.1. The number of hydrogen-bond donors (Lipinski definition) is 2. The Bertz CT molecular complexity index is 722. The third-order valence-electron chi connectivity index (χ3n) is 4.82. The zero-order chi connectivity index (χ0) is 17.6. The first-order valence-electron chi connectivity index (χ1n) is 9.31. The van der Waals surface area contributed by atoms with Crippen LogP contribution in [0.25, 0.3) is 10.9 Å². The summed E-state index contributed by atoms with van der Waals surface area (Å²) < 4.78 is 5.49. The first-order valence-corrected chi connectivity index (χ1v) is 9.31. The van der Waals surface area contributed by atoms with Gasteiger partial charge < -0.3 is 19.9 Å². The Hall–Kier alpha value is -1.28. The van der Waals surface area contributed by atoms with Crippen LogP contribution in [0.5, 0.6) is 0 Å². The summed E-state index contributed by atoms with van der Waals surface area (Å²) in [6.07, 6.45) is 4.21. The lowest BCUT2D eigenvalue weighted by molar-refractivity contribution is 0.181. The molecule has 0 aliphatic carbocycles. The second kappa shape index (κ2) is 10.2. The number of aryl methyl sites for hydroxylation is 1. The molecule has 26 heavy (non-hydrogen) atoms. The van der Waals surface area contributed by atoms with Gasteiger partial charge in [0.15, 0.2) is 5.96 Å². The fourth-order valence-electron chi connectivity index (χ4n) is 3.46. The fraction of sp³-hybridized carbons (Fsp3) is 0.550. The number of nitrogens with one attached hydrogen (secondary N) is 2. The molecule has 1 fully saturated rings. The van der Waals surface area contributed by atoms with Gasteiger partial charge in [-0.05, 0) is 43.9 Å². The molecular formula is C20H31IN4O. The lowest BCUT2D eigenvalue weighted by Gasteiger charge is -2.24. The average Bonchev–Trinajstić information content (AvgIpc) is 3.23. The number of nitrogens with zero attached hydrogens (tertiary/aromatic N) is 2. The molecule has 0 bridgehead atoms. The van der Waals surface area contributed by atoms with Crippen molar-refractivity contribution in [1.29, 1.82) is 0 Å². The summed E-state index contributed by atoms with van der Waals surface area (Å²) in [5.74, 6) is 1.61. The van der Waals surface area contributed by atoms with Crippen LogP contribution in [0.4, 0.5) is 0 Å². The van der Waals surface area contributed by atoms with E-state index in [1.54, 1.807) is 0 Å². The number of aromatic nitrogens is 1. The lowest BCUT2D eigenvalue weighted by Crippen LogP contribution is -2.41. The van der Waals surface area contributed by atoms with Gasteiger partial charge in [-0.3, -0.25) is 4.99 Å². The highest BCUT2D eigenvalue weighted by atomic mass is 127. The van der Waals surface area contributed by atoms with Crippen molar-refractivity contribution in [3.63, 3.8) is 0 Å². The predicted octanol–water partition coefficient (Wildman–Crippen LogP) is 3.57. The molecule has 2 N–H and O–H groups in total. The Labute approximate surface area is 173 Å². The zero-order valence-corrected chi connectivity index (χ0v) is 18.4. The average molecular weight is 470 g/mol. The second-order valence-corrected chi connectivity index (χ2v) is 6.96. The van der Waals surface area contributed by atoms with Crippen LogP contribution in [0.1, 0.15) is 24.5 Å². The van der Waals surface area contributed by atoms with Gasteiger partial charge in [0.2, 0.25) is 0 Å². The van der Waals surface area contributed by atoms with E-state index >= 15 is 0 Å². The summed E-state index contributed by atoms with van der Waals surface area (Å²) >= 11 is 0.